The predicted molar refractivity (Wildman–Crippen MR) is 221 cm³/mol. The summed E-state index contributed by atoms with van der Waals surface area (Å²) >= 11 is 0. The number of hydrogen-bond acceptors (Lipinski definition) is 8. The van der Waals surface area contributed by atoms with Crippen molar-refractivity contribution >= 4 is 0 Å². The van der Waals surface area contributed by atoms with Gasteiger partial charge in [0.25, 0.3) is 11.1 Å². The molecule has 0 fully saturated rings. The van der Waals surface area contributed by atoms with Crippen molar-refractivity contribution in [3.63, 3.8) is 0 Å². The second-order valence-corrected chi connectivity index (χ2v) is 22.2. The Hall–Kier alpha value is -3.84. The summed E-state index contributed by atoms with van der Waals surface area (Å²) in [6.45, 7) is 49.3. The van der Waals surface area contributed by atoms with Crippen molar-refractivity contribution in [2.45, 2.75) is 210 Å². The Morgan fingerprint density at radius 3 is 0.778 bits per heavy atom. The zero-order valence-electron chi connectivity index (χ0n) is 38.4. The third-order valence-electron chi connectivity index (χ3n) is 8.00. The second-order valence-electron chi connectivity index (χ2n) is 22.2. The van der Waals surface area contributed by atoms with Gasteiger partial charge in [0, 0.05) is 34.1 Å². The van der Waals surface area contributed by atoms with Gasteiger partial charge in [-0.15, -0.1) is 10.2 Å². The smallest absolute Gasteiger partial charge is 0.266 e. The maximum absolute atomic E-state index is 11.9. The van der Waals surface area contributed by atoms with Crippen molar-refractivity contribution in [3.8, 4) is 0 Å². The van der Waals surface area contributed by atoms with Crippen LogP contribution < -0.4 is 11.1 Å². The van der Waals surface area contributed by atoms with E-state index in [9.17, 15) is 9.59 Å². The van der Waals surface area contributed by atoms with Crippen LogP contribution in [0.5, 0.6) is 0 Å². The van der Waals surface area contributed by atoms with Crippen LogP contribution in [0, 0.1) is 0 Å². The molecular formula is C40H76N12O2. The van der Waals surface area contributed by atoms with Gasteiger partial charge in [-0.25, -0.2) is 29.2 Å². The zero-order chi connectivity index (χ0) is 42.8. The molecule has 54 heavy (non-hydrogen) atoms. The Bertz CT molecular complexity index is 1610. The van der Waals surface area contributed by atoms with Gasteiger partial charge >= 0.3 is 0 Å². The Morgan fingerprint density at radius 2 is 0.667 bits per heavy atom. The lowest BCUT2D eigenvalue weighted by Gasteiger charge is -2.18. The molecule has 4 heterocycles. The van der Waals surface area contributed by atoms with Crippen LogP contribution >= 0.6 is 0 Å². The van der Waals surface area contributed by atoms with Crippen LogP contribution in [0.25, 0.3) is 0 Å². The van der Waals surface area contributed by atoms with Crippen molar-refractivity contribution in [1.82, 2.24) is 60.0 Å². The second kappa shape index (κ2) is 16.1. The van der Waals surface area contributed by atoms with Crippen LogP contribution in [0.4, 0.5) is 0 Å². The van der Waals surface area contributed by atoms with E-state index in [1.54, 1.807) is 9.36 Å². The number of nitrogens with one attached hydrogen (secondary N) is 2. The average molecular weight is 757 g/mol. The van der Waals surface area contributed by atoms with E-state index < -0.39 is 0 Å². The minimum absolute atomic E-state index is 0.0231. The highest BCUT2D eigenvalue weighted by atomic mass is 16.1. The zero-order valence-corrected chi connectivity index (χ0v) is 38.4. The Kier molecular flexibility index (Phi) is 14.4. The van der Waals surface area contributed by atoms with Crippen molar-refractivity contribution in [3.05, 3.63) is 55.9 Å². The molecule has 0 aliphatic carbocycles. The van der Waals surface area contributed by atoms with Crippen LogP contribution in [0.3, 0.4) is 0 Å². The lowest BCUT2D eigenvalue weighted by atomic mass is 9.93. The highest BCUT2D eigenvalue weighted by Gasteiger charge is 2.28. The minimum atomic E-state index is -0.242. The molecule has 0 bridgehead atoms. The first-order valence-electron chi connectivity index (χ1n) is 18.9. The van der Waals surface area contributed by atoms with E-state index in [0.717, 1.165) is 11.4 Å². The Labute approximate surface area is 325 Å². The number of nitrogens with zero attached hydrogens (tertiary/aromatic N) is 10. The van der Waals surface area contributed by atoms with E-state index in [1.807, 2.05) is 105 Å². The molecule has 4 rings (SSSR count). The average Bonchev–Trinajstić information content (AvgIpc) is 3.71. The summed E-state index contributed by atoms with van der Waals surface area (Å²) in [5.74, 6) is 0. The summed E-state index contributed by atoms with van der Waals surface area (Å²) in [7, 11) is 0. The molecule has 0 radical (unpaired) electrons. The molecule has 0 aliphatic rings. The summed E-state index contributed by atoms with van der Waals surface area (Å²) in [6.07, 6.45) is 4.06. The first-order chi connectivity index (χ1) is 23.7. The van der Waals surface area contributed by atoms with Crippen molar-refractivity contribution in [2.24, 2.45) is 0 Å². The van der Waals surface area contributed by atoms with E-state index in [2.05, 4.69) is 124 Å². The molecule has 2 N–H and O–H groups in total. The highest BCUT2D eigenvalue weighted by molar-refractivity contribution is 5.10. The van der Waals surface area contributed by atoms with Gasteiger partial charge in [0.2, 0.25) is 0 Å². The van der Waals surface area contributed by atoms with Crippen LogP contribution in [0.1, 0.15) is 189 Å². The van der Waals surface area contributed by atoms with Gasteiger partial charge in [0.15, 0.2) is 0 Å². The van der Waals surface area contributed by atoms with Crippen LogP contribution in [-0.2, 0) is 43.8 Å². The van der Waals surface area contributed by atoms with Crippen molar-refractivity contribution < 1.29 is 0 Å². The van der Waals surface area contributed by atoms with Gasteiger partial charge in [-0.3, -0.25) is 9.59 Å². The first kappa shape index (κ1) is 48.2. The lowest BCUT2D eigenvalue weighted by molar-refractivity contribution is 0.337. The van der Waals surface area contributed by atoms with E-state index in [4.69, 9.17) is 0 Å². The van der Waals surface area contributed by atoms with Gasteiger partial charge in [0.05, 0.1) is 33.5 Å². The molecule has 14 heteroatoms. The fourth-order valence-electron chi connectivity index (χ4n) is 4.36. The lowest BCUT2D eigenvalue weighted by Crippen LogP contribution is -2.35. The fourth-order valence-corrected chi connectivity index (χ4v) is 4.36. The van der Waals surface area contributed by atoms with E-state index in [-0.39, 0.29) is 54.9 Å². The summed E-state index contributed by atoms with van der Waals surface area (Å²) in [5, 5.41) is 30.3. The Morgan fingerprint density at radius 1 is 0.407 bits per heavy atom. The SMILES string of the molecule is CC(C)(C)c1cn(C(C)(C)C)nn1.CC(C)(C)c1cn(C(C)(C)C)nn1.CC(C)(C)c1n[nH]n(C(C)(C)C)c1=O.CC(C)(C)c1n[nH]n(C(C)(C)C)c1=O. The van der Waals surface area contributed by atoms with Crippen molar-refractivity contribution in [2.75, 3.05) is 0 Å². The fraction of sp³-hybridized carbons (Fsp3) is 0.800. The molecule has 14 nitrogen and oxygen atoms in total. The molecule has 0 aliphatic heterocycles. The maximum atomic E-state index is 11.9. The molecule has 4 aromatic heterocycles. The van der Waals surface area contributed by atoms with Gasteiger partial charge in [-0.1, -0.05) is 93.5 Å². The molecular weight excluding hydrogens is 681 g/mol. The standard InChI is InChI=1S/2C10H19N3O.2C10H19N3/c2*1-9(2,3)7-8(14)13(12-11-7)10(4,5)6;2*1-9(2,3)8-7-13(12-11-8)10(4,5)6/h2*12H,1-6H3;2*7H,1-6H3. The quantitative estimate of drug-likeness (QED) is 0.183. The summed E-state index contributed by atoms with van der Waals surface area (Å²) in [4.78, 5) is 23.9. The third kappa shape index (κ3) is 13.8. The molecule has 0 atom stereocenters. The van der Waals surface area contributed by atoms with Crippen LogP contribution in [-0.4, -0.2) is 60.0 Å². The molecule has 0 saturated carbocycles. The summed E-state index contributed by atoms with van der Waals surface area (Å²) in [5.41, 5.74) is 2.55. The maximum Gasteiger partial charge on any atom is 0.290 e. The number of aromatic nitrogens is 12. The topological polar surface area (TPSA) is 163 Å². The largest absolute Gasteiger partial charge is 0.290 e. The third-order valence-corrected chi connectivity index (χ3v) is 8.00. The monoisotopic (exact) mass is 757 g/mol. The number of H-pyrrole nitrogens is 2. The normalized spacial score (nSPS) is 13.3. The number of hydrogen-bond donors (Lipinski definition) is 2. The highest BCUT2D eigenvalue weighted by Crippen LogP contribution is 2.23. The molecule has 0 aromatic carbocycles. The first-order valence-corrected chi connectivity index (χ1v) is 18.9. The Balaban J connectivity index is 0.000000360. The van der Waals surface area contributed by atoms with E-state index in [0.29, 0.717) is 11.4 Å². The van der Waals surface area contributed by atoms with Gasteiger partial charge in [0.1, 0.15) is 11.4 Å². The number of rotatable bonds is 0. The minimum Gasteiger partial charge on any atom is -0.266 e. The summed E-state index contributed by atoms with van der Waals surface area (Å²) < 4.78 is 6.95. The van der Waals surface area contributed by atoms with Gasteiger partial charge < -0.3 is 0 Å². The molecule has 0 spiro atoms. The predicted octanol–water partition coefficient (Wildman–Crippen LogP) is 7.91. The summed E-state index contributed by atoms with van der Waals surface area (Å²) in [6, 6.07) is 0. The van der Waals surface area contributed by atoms with Gasteiger partial charge in [-0.05, 0) is 83.1 Å². The molecule has 4 aromatic rings. The van der Waals surface area contributed by atoms with E-state index in [1.165, 1.54) is 0 Å². The molecule has 308 valence electrons. The van der Waals surface area contributed by atoms with E-state index >= 15 is 0 Å². The van der Waals surface area contributed by atoms with Crippen LogP contribution in [0.15, 0.2) is 22.0 Å². The molecule has 0 amide bonds. The van der Waals surface area contributed by atoms with Gasteiger partial charge in [-0.2, -0.15) is 10.2 Å². The number of aromatic amines is 2. The van der Waals surface area contributed by atoms with Crippen LogP contribution in [0.2, 0.25) is 0 Å². The molecule has 0 saturated heterocycles. The van der Waals surface area contributed by atoms with Crippen molar-refractivity contribution in [1.29, 1.82) is 0 Å². The molecule has 0 unspecified atom stereocenters.